The third-order valence-corrected chi connectivity index (χ3v) is 8.50. The Morgan fingerprint density at radius 1 is 1.17 bits per heavy atom. The van der Waals surface area contributed by atoms with Crippen LogP contribution in [0.1, 0.15) is 63.9 Å². The van der Waals surface area contributed by atoms with Crippen molar-refractivity contribution in [3.8, 4) is 0 Å². The summed E-state index contributed by atoms with van der Waals surface area (Å²) in [6, 6.07) is 7.75. The number of carbonyl (C=O) groups is 3. The number of hydrogen-bond donors (Lipinski definition) is 2. The smallest absolute Gasteiger partial charge is 0.460 e. The largest absolute Gasteiger partial charge is 0.508 e. The molecule has 5 rings (SSSR count). The molecule has 1 saturated carbocycles. The molecule has 36 heavy (non-hydrogen) atoms. The summed E-state index contributed by atoms with van der Waals surface area (Å²) < 4.78 is 16.4. The zero-order chi connectivity index (χ0) is 24.6. The molecule has 1 aromatic rings. The van der Waals surface area contributed by atoms with Gasteiger partial charge in [0.05, 0.1) is 6.61 Å². The van der Waals surface area contributed by atoms with Crippen LogP contribution in [0, 0.1) is 5.41 Å². The molecule has 1 aliphatic carbocycles. The number of hydrogen-bond acceptors (Lipinski definition) is 7. The van der Waals surface area contributed by atoms with E-state index in [1.54, 1.807) is 18.7 Å². The minimum atomic E-state index is -1.13. The van der Waals surface area contributed by atoms with Crippen LogP contribution in [0.3, 0.4) is 0 Å². The van der Waals surface area contributed by atoms with Crippen LogP contribution in [0.5, 0.6) is 0 Å². The molecule has 3 heterocycles. The second kappa shape index (κ2) is 10.5. The van der Waals surface area contributed by atoms with Gasteiger partial charge in [-0.2, -0.15) is 0 Å². The molecule has 198 valence electrons. The minimum absolute atomic E-state index is 0. The van der Waals surface area contributed by atoms with Crippen molar-refractivity contribution in [2.75, 3.05) is 31.1 Å². The number of esters is 1. The summed E-state index contributed by atoms with van der Waals surface area (Å²) in [7, 11) is 0. The molecule has 10 heteroatoms. The number of carbonyl (C=O) groups excluding carboxylic acids is 3. The number of amides is 2. The van der Waals surface area contributed by atoms with E-state index in [2.05, 4.69) is 22.8 Å². The van der Waals surface area contributed by atoms with Crippen LogP contribution in [0.4, 0.5) is 15.3 Å². The predicted molar refractivity (Wildman–Crippen MR) is 135 cm³/mol. The van der Waals surface area contributed by atoms with Crippen molar-refractivity contribution in [2.24, 2.45) is 5.41 Å². The summed E-state index contributed by atoms with van der Waals surface area (Å²) in [4.78, 5) is 40.7. The Bertz CT molecular complexity index is 984. The third-order valence-electron chi connectivity index (χ3n) is 8.50. The van der Waals surface area contributed by atoms with Crippen LogP contribution in [0.25, 0.3) is 0 Å². The lowest BCUT2D eigenvalue weighted by molar-refractivity contribution is -0.235. The quantitative estimate of drug-likeness (QED) is 0.547. The SMILES string of the molecule is CCOC(=O)OC(C)C1(C23CCCCC2OC3=O)CNC(=O)N1c1ccc(C2CCNCC2)cc1.Cl. The Labute approximate surface area is 218 Å². The number of anilines is 1. The Balaban J connectivity index is 0.00000304. The Morgan fingerprint density at radius 3 is 2.53 bits per heavy atom. The van der Waals surface area contributed by atoms with Gasteiger partial charge in [0.1, 0.15) is 23.2 Å². The maximum absolute atomic E-state index is 13.4. The minimum Gasteiger partial charge on any atom is -0.460 e. The Morgan fingerprint density at radius 2 is 1.89 bits per heavy atom. The first-order valence-corrected chi connectivity index (χ1v) is 12.9. The highest BCUT2D eigenvalue weighted by Crippen LogP contribution is 2.59. The lowest BCUT2D eigenvalue weighted by atomic mass is 9.54. The number of rotatable bonds is 6. The lowest BCUT2D eigenvalue weighted by Gasteiger charge is -2.61. The van der Waals surface area contributed by atoms with Crippen LogP contribution in [-0.2, 0) is 19.0 Å². The molecule has 2 amide bonds. The van der Waals surface area contributed by atoms with E-state index < -0.39 is 23.2 Å². The van der Waals surface area contributed by atoms with Crippen LogP contribution in [0.15, 0.2) is 24.3 Å². The van der Waals surface area contributed by atoms with E-state index in [9.17, 15) is 14.4 Å². The van der Waals surface area contributed by atoms with Gasteiger partial charge in [-0.25, -0.2) is 9.59 Å². The van der Waals surface area contributed by atoms with Crippen molar-refractivity contribution in [3.63, 3.8) is 0 Å². The number of piperidine rings is 1. The van der Waals surface area contributed by atoms with E-state index in [0.717, 1.165) is 45.2 Å². The van der Waals surface area contributed by atoms with Crippen molar-refractivity contribution in [1.82, 2.24) is 10.6 Å². The number of nitrogens with one attached hydrogen (secondary N) is 2. The summed E-state index contributed by atoms with van der Waals surface area (Å²) in [6.07, 6.45) is 3.33. The van der Waals surface area contributed by atoms with Gasteiger partial charge in [0.25, 0.3) is 0 Å². The van der Waals surface area contributed by atoms with E-state index >= 15 is 0 Å². The van der Waals surface area contributed by atoms with E-state index in [1.807, 2.05) is 12.1 Å². The van der Waals surface area contributed by atoms with Gasteiger partial charge in [-0.05, 0) is 82.7 Å². The molecule has 1 aromatic carbocycles. The molecular formula is C26H36ClN3O6. The summed E-state index contributed by atoms with van der Waals surface area (Å²) in [5.74, 6) is 0.158. The van der Waals surface area contributed by atoms with E-state index in [4.69, 9.17) is 14.2 Å². The van der Waals surface area contributed by atoms with Crippen molar-refractivity contribution in [1.29, 1.82) is 0 Å². The summed E-state index contributed by atoms with van der Waals surface area (Å²) in [5.41, 5.74) is -0.166. The summed E-state index contributed by atoms with van der Waals surface area (Å²) >= 11 is 0. The van der Waals surface area contributed by atoms with Crippen molar-refractivity contribution in [2.45, 2.75) is 76.0 Å². The maximum atomic E-state index is 13.4. The molecule has 9 nitrogen and oxygen atoms in total. The molecular weight excluding hydrogens is 486 g/mol. The molecule has 4 atom stereocenters. The molecule has 4 unspecified atom stereocenters. The number of halogens is 1. The van der Waals surface area contributed by atoms with Gasteiger partial charge < -0.3 is 24.8 Å². The summed E-state index contributed by atoms with van der Waals surface area (Å²) in [6.45, 7) is 5.80. The number of nitrogens with zero attached hydrogens (tertiary/aromatic N) is 1. The first-order valence-electron chi connectivity index (χ1n) is 12.9. The van der Waals surface area contributed by atoms with Crippen molar-refractivity contribution < 1.29 is 28.6 Å². The van der Waals surface area contributed by atoms with Gasteiger partial charge in [0, 0.05) is 12.2 Å². The summed E-state index contributed by atoms with van der Waals surface area (Å²) in [5, 5.41) is 6.35. The van der Waals surface area contributed by atoms with Crippen molar-refractivity contribution in [3.05, 3.63) is 29.8 Å². The van der Waals surface area contributed by atoms with Gasteiger partial charge in [0.2, 0.25) is 0 Å². The van der Waals surface area contributed by atoms with Crippen LogP contribution < -0.4 is 15.5 Å². The monoisotopic (exact) mass is 521 g/mol. The molecule has 3 aliphatic heterocycles. The molecule has 0 spiro atoms. The second-order valence-electron chi connectivity index (χ2n) is 10.1. The van der Waals surface area contributed by atoms with Crippen LogP contribution >= 0.6 is 12.4 Å². The number of ether oxygens (including phenoxy) is 3. The lowest BCUT2D eigenvalue weighted by Crippen LogP contribution is -2.78. The molecule has 0 bridgehead atoms. The highest BCUT2D eigenvalue weighted by Gasteiger charge is 2.76. The highest BCUT2D eigenvalue weighted by atomic mass is 35.5. The van der Waals surface area contributed by atoms with E-state index in [-0.39, 0.29) is 43.7 Å². The number of benzene rings is 1. The zero-order valence-electron chi connectivity index (χ0n) is 20.9. The molecule has 0 aromatic heterocycles. The topological polar surface area (TPSA) is 106 Å². The first-order chi connectivity index (χ1) is 16.9. The fraction of sp³-hybridized carbons (Fsp3) is 0.654. The van der Waals surface area contributed by atoms with E-state index in [1.165, 1.54) is 5.56 Å². The first kappa shape index (κ1) is 26.5. The Hall–Kier alpha value is -2.52. The van der Waals surface area contributed by atoms with Gasteiger partial charge >= 0.3 is 18.2 Å². The van der Waals surface area contributed by atoms with Gasteiger partial charge in [-0.15, -0.1) is 12.4 Å². The zero-order valence-corrected chi connectivity index (χ0v) is 21.7. The standard InChI is InChI=1S/C26H35N3O6.ClH/c1-3-33-24(32)34-17(2)26(25-13-5-4-6-21(25)35-22(25)30)16-28-23(31)29(26)20-9-7-18(8-10-20)19-11-14-27-15-12-19;/h7-10,17,19,21,27H,3-6,11-16H2,1-2H3,(H,28,31);1H. The van der Waals surface area contributed by atoms with Gasteiger partial charge in [-0.1, -0.05) is 18.6 Å². The molecule has 3 saturated heterocycles. The molecule has 2 N–H and O–H groups in total. The molecule has 0 radical (unpaired) electrons. The van der Waals surface area contributed by atoms with E-state index in [0.29, 0.717) is 18.0 Å². The van der Waals surface area contributed by atoms with Gasteiger partial charge in [0.15, 0.2) is 0 Å². The third kappa shape index (κ3) is 4.00. The number of urea groups is 1. The Kier molecular flexibility index (Phi) is 7.71. The fourth-order valence-electron chi connectivity index (χ4n) is 6.77. The number of fused-ring (bicyclic) bond motifs is 1. The highest BCUT2D eigenvalue weighted by molar-refractivity contribution is 6.00. The predicted octanol–water partition coefficient (Wildman–Crippen LogP) is 3.89. The maximum Gasteiger partial charge on any atom is 0.508 e. The fourth-order valence-corrected chi connectivity index (χ4v) is 6.77. The van der Waals surface area contributed by atoms with Crippen LogP contribution in [-0.4, -0.2) is 62.1 Å². The van der Waals surface area contributed by atoms with Gasteiger partial charge in [-0.3, -0.25) is 9.69 Å². The molecule has 4 aliphatic rings. The van der Waals surface area contributed by atoms with Crippen LogP contribution in [0.2, 0.25) is 0 Å². The van der Waals surface area contributed by atoms with Crippen molar-refractivity contribution >= 4 is 36.3 Å². The normalized spacial score (nSPS) is 30.7. The second-order valence-corrected chi connectivity index (χ2v) is 10.1. The average Bonchev–Trinajstić information content (AvgIpc) is 3.22. The molecule has 4 fully saturated rings. The average molecular weight is 522 g/mol.